The van der Waals surface area contributed by atoms with E-state index in [0.29, 0.717) is 6.04 Å². The van der Waals surface area contributed by atoms with Gasteiger partial charge in [-0.25, -0.2) is 0 Å². The van der Waals surface area contributed by atoms with Crippen LogP contribution in [0.1, 0.15) is 42.6 Å². The van der Waals surface area contributed by atoms with Gasteiger partial charge in [-0.2, -0.15) is 0 Å². The molecule has 1 unspecified atom stereocenters. The first-order valence-electron chi connectivity index (χ1n) is 6.64. The highest BCUT2D eigenvalue weighted by Crippen LogP contribution is 2.37. The Morgan fingerprint density at radius 1 is 1.41 bits per heavy atom. The van der Waals surface area contributed by atoms with E-state index in [9.17, 15) is 0 Å². The van der Waals surface area contributed by atoms with Gasteiger partial charge in [-0.05, 0) is 43.9 Å². The smallest absolute Gasteiger partial charge is 0.0489 e. The van der Waals surface area contributed by atoms with Crippen LogP contribution in [0.25, 0.3) is 10.9 Å². The highest BCUT2D eigenvalue weighted by Gasteiger charge is 2.26. The van der Waals surface area contributed by atoms with Gasteiger partial charge in [0.2, 0.25) is 0 Å². The maximum atomic E-state index is 3.67. The van der Waals surface area contributed by atoms with Crippen LogP contribution in [0.4, 0.5) is 0 Å². The van der Waals surface area contributed by atoms with Crippen LogP contribution in [0.3, 0.4) is 0 Å². The van der Waals surface area contributed by atoms with Crippen LogP contribution >= 0.6 is 0 Å². The summed E-state index contributed by atoms with van der Waals surface area (Å²) in [6, 6.07) is 7.16. The van der Waals surface area contributed by atoms with Crippen LogP contribution in [0, 0.1) is 6.92 Å². The molecule has 3 rings (SSSR count). The first-order valence-corrected chi connectivity index (χ1v) is 6.64. The monoisotopic (exact) mass is 228 g/mol. The molecule has 0 bridgehead atoms. The molecule has 0 spiro atoms. The van der Waals surface area contributed by atoms with Crippen molar-refractivity contribution in [3.63, 3.8) is 0 Å². The van der Waals surface area contributed by atoms with Crippen molar-refractivity contribution >= 4 is 10.9 Å². The fourth-order valence-corrected chi connectivity index (χ4v) is 2.99. The van der Waals surface area contributed by atoms with Gasteiger partial charge in [0.25, 0.3) is 0 Å². The second kappa shape index (κ2) is 4.19. The van der Waals surface area contributed by atoms with E-state index in [-0.39, 0.29) is 0 Å². The van der Waals surface area contributed by atoms with Crippen LogP contribution in [-0.4, -0.2) is 11.5 Å². The fourth-order valence-electron chi connectivity index (χ4n) is 2.99. The van der Waals surface area contributed by atoms with Crippen molar-refractivity contribution in [2.24, 2.45) is 0 Å². The number of hydrogen-bond acceptors (Lipinski definition) is 1. The van der Waals surface area contributed by atoms with E-state index in [0.717, 1.165) is 6.54 Å². The molecule has 1 aromatic heterocycles. The van der Waals surface area contributed by atoms with E-state index >= 15 is 0 Å². The van der Waals surface area contributed by atoms with Gasteiger partial charge in [0, 0.05) is 22.6 Å². The molecule has 2 N–H and O–H groups in total. The summed E-state index contributed by atoms with van der Waals surface area (Å²) in [4.78, 5) is 3.61. The Balaban J connectivity index is 2.07. The highest BCUT2D eigenvalue weighted by atomic mass is 14.9. The van der Waals surface area contributed by atoms with E-state index in [2.05, 4.69) is 42.3 Å². The van der Waals surface area contributed by atoms with Crippen LogP contribution < -0.4 is 5.32 Å². The zero-order valence-electron chi connectivity index (χ0n) is 10.6. The van der Waals surface area contributed by atoms with Gasteiger partial charge in [0.15, 0.2) is 0 Å². The predicted molar refractivity (Wildman–Crippen MR) is 72.4 cm³/mol. The minimum absolute atomic E-state index is 0.556. The number of para-hydroxylation sites is 1. The zero-order chi connectivity index (χ0) is 11.8. The van der Waals surface area contributed by atoms with Crippen LogP contribution in [0.5, 0.6) is 0 Å². The number of hydrogen-bond donors (Lipinski definition) is 2. The van der Waals surface area contributed by atoms with Gasteiger partial charge < -0.3 is 10.3 Å². The number of rotatable bonds is 3. The third-order valence-electron chi connectivity index (χ3n) is 3.84. The van der Waals surface area contributed by atoms with Crippen molar-refractivity contribution in [3.05, 3.63) is 35.0 Å². The maximum absolute atomic E-state index is 3.67. The van der Waals surface area contributed by atoms with E-state index in [1.165, 1.54) is 47.0 Å². The van der Waals surface area contributed by atoms with Crippen molar-refractivity contribution < 1.29 is 0 Å². The van der Waals surface area contributed by atoms with Gasteiger partial charge in [-0.3, -0.25) is 0 Å². The third-order valence-corrected chi connectivity index (χ3v) is 3.84. The van der Waals surface area contributed by atoms with Gasteiger partial charge >= 0.3 is 0 Å². The standard InChI is InChI=1S/C15H20N2/c1-3-9-16-12-7-8-13-14(12)11-6-4-5-10(2)15(11)17-13/h4-6,12,16-17H,3,7-9H2,1-2H3. The molecule has 0 amide bonds. The first kappa shape index (κ1) is 10.8. The molecule has 17 heavy (non-hydrogen) atoms. The minimum Gasteiger partial charge on any atom is -0.358 e. The summed E-state index contributed by atoms with van der Waals surface area (Å²) in [6.07, 6.45) is 3.63. The lowest BCUT2D eigenvalue weighted by molar-refractivity contribution is 0.531. The minimum atomic E-state index is 0.556. The molecule has 1 aromatic carbocycles. The summed E-state index contributed by atoms with van der Waals surface area (Å²) in [6.45, 7) is 5.52. The Morgan fingerprint density at radius 3 is 3.12 bits per heavy atom. The number of aromatic amines is 1. The molecule has 0 aliphatic heterocycles. The van der Waals surface area contributed by atoms with Crippen LogP contribution in [0.15, 0.2) is 18.2 Å². The molecule has 0 saturated carbocycles. The van der Waals surface area contributed by atoms with Gasteiger partial charge in [0.1, 0.15) is 0 Å². The molecule has 1 aliphatic rings. The summed E-state index contributed by atoms with van der Waals surface area (Å²) in [5, 5.41) is 5.09. The molecule has 0 saturated heterocycles. The Labute approximate surface area is 102 Å². The van der Waals surface area contributed by atoms with Gasteiger partial charge in [-0.15, -0.1) is 0 Å². The number of aryl methyl sites for hydroxylation is 2. The fraction of sp³-hybridized carbons (Fsp3) is 0.467. The predicted octanol–water partition coefficient (Wildman–Crippen LogP) is 3.46. The Kier molecular flexibility index (Phi) is 2.67. The molecule has 0 fully saturated rings. The van der Waals surface area contributed by atoms with Gasteiger partial charge in [0.05, 0.1) is 0 Å². The average molecular weight is 228 g/mol. The van der Waals surface area contributed by atoms with E-state index in [1.54, 1.807) is 0 Å². The second-order valence-corrected chi connectivity index (χ2v) is 5.06. The number of fused-ring (bicyclic) bond motifs is 3. The van der Waals surface area contributed by atoms with Gasteiger partial charge in [-0.1, -0.05) is 25.1 Å². The normalized spacial score (nSPS) is 18.8. The number of aromatic nitrogens is 1. The van der Waals surface area contributed by atoms with Crippen molar-refractivity contribution in [1.29, 1.82) is 0 Å². The lowest BCUT2D eigenvalue weighted by Gasteiger charge is -2.12. The van der Waals surface area contributed by atoms with Crippen molar-refractivity contribution in [2.75, 3.05) is 6.54 Å². The topological polar surface area (TPSA) is 27.8 Å². The summed E-state index contributed by atoms with van der Waals surface area (Å²) in [5.74, 6) is 0. The molecule has 2 nitrogen and oxygen atoms in total. The lowest BCUT2D eigenvalue weighted by atomic mass is 10.1. The molecule has 2 aromatic rings. The number of H-pyrrole nitrogens is 1. The Bertz CT molecular complexity index is 539. The largest absolute Gasteiger partial charge is 0.358 e. The molecular weight excluding hydrogens is 208 g/mol. The molecule has 2 heteroatoms. The van der Waals surface area contributed by atoms with E-state index < -0.39 is 0 Å². The van der Waals surface area contributed by atoms with Crippen LogP contribution in [0.2, 0.25) is 0 Å². The summed E-state index contributed by atoms with van der Waals surface area (Å²) < 4.78 is 0. The zero-order valence-corrected chi connectivity index (χ0v) is 10.6. The molecule has 1 atom stereocenters. The average Bonchev–Trinajstić information content (AvgIpc) is 2.87. The molecular formula is C15H20N2. The van der Waals surface area contributed by atoms with E-state index in [1.807, 2.05) is 0 Å². The Morgan fingerprint density at radius 2 is 2.29 bits per heavy atom. The lowest BCUT2D eigenvalue weighted by Crippen LogP contribution is -2.19. The summed E-state index contributed by atoms with van der Waals surface area (Å²) in [7, 11) is 0. The molecule has 1 heterocycles. The third kappa shape index (κ3) is 1.67. The maximum Gasteiger partial charge on any atom is 0.0489 e. The number of benzene rings is 1. The molecule has 0 radical (unpaired) electrons. The Hall–Kier alpha value is -1.28. The molecule has 1 aliphatic carbocycles. The highest BCUT2D eigenvalue weighted by molar-refractivity contribution is 5.88. The second-order valence-electron chi connectivity index (χ2n) is 5.06. The summed E-state index contributed by atoms with van der Waals surface area (Å²) >= 11 is 0. The summed E-state index contributed by atoms with van der Waals surface area (Å²) in [5.41, 5.74) is 5.66. The SMILES string of the molecule is CCCNC1CCc2[nH]c3c(C)cccc3c21. The first-order chi connectivity index (χ1) is 8.31. The van der Waals surface area contributed by atoms with Crippen molar-refractivity contribution in [3.8, 4) is 0 Å². The van der Waals surface area contributed by atoms with Crippen LogP contribution in [-0.2, 0) is 6.42 Å². The molecule has 90 valence electrons. The van der Waals surface area contributed by atoms with Crippen molar-refractivity contribution in [2.45, 2.75) is 39.2 Å². The quantitative estimate of drug-likeness (QED) is 0.827. The van der Waals surface area contributed by atoms with Crippen molar-refractivity contribution in [1.82, 2.24) is 10.3 Å². The van der Waals surface area contributed by atoms with E-state index in [4.69, 9.17) is 0 Å². The number of nitrogens with one attached hydrogen (secondary N) is 2.